The van der Waals surface area contributed by atoms with E-state index in [4.69, 9.17) is 33.9 Å². The Morgan fingerprint density at radius 2 is 1.26 bits per heavy atom. The van der Waals surface area contributed by atoms with Gasteiger partial charge in [-0.25, -0.2) is 4.79 Å². The molecule has 0 bridgehead atoms. The number of carbonyl (C=O) groups is 1. The molecule has 0 saturated carbocycles. The molecule has 0 aromatic heterocycles. The third-order valence-corrected chi connectivity index (χ3v) is 7.52. The number of esters is 1. The molecule has 1 heterocycles. The molecule has 1 atom stereocenters. The number of hydrogen-bond acceptors (Lipinski definition) is 8. The van der Waals surface area contributed by atoms with Crippen molar-refractivity contribution in [2.24, 2.45) is 0 Å². The highest BCUT2D eigenvalue weighted by molar-refractivity contribution is 5.93. The molecule has 2 rings (SSSR count). The zero-order chi connectivity index (χ0) is 29.9. The third kappa shape index (κ3) is 17.9. The fourth-order valence-electron chi connectivity index (χ4n) is 4.96. The van der Waals surface area contributed by atoms with E-state index in [1.165, 1.54) is 6.42 Å². The Bertz CT molecular complexity index is 781. The van der Waals surface area contributed by atoms with Gasteiger partial charge in [-0.15, -0.1) is 0 Å². The quantitative estimate of drug-likeness (QED) is 0.0804. The lowest BCUT2D eigenvalue weighted by Gasteiger charge is -2.22. The van der Waals surface area contributed by atoms with E-state index in [2.05, 4.69) is 0 Å². The summed E-state index contributed by atoms with van der Waals surface area (Å²) in [5.74, 6) is 0.820. The zero-order valence-electron chi connectivity index (χ0n) is 26.0. The van der Waals surface area contributed by atoms with Gasteiger partial charge in [0.2, 0.25) is 0 Å². The normalized spacial score (nSPS) is 15.0. The molecule has 1 aromatic carbocycles. The van der Waals surface area contributed by atoms with Crippen LogP contribution in [0.1, 0.15) is 132 Å². The maximum atomic E-state index is 13.0. The minimum absolute atomic E-state index is 0.0323. The summed E-state index contributed by atoms with van der Waals surface area (Å²) < 4.78 is 29.0. The first kappa shape index (κ1) is 36.3. The Balaban J connectivity index is 1.72. The molecule has 8 nitrogen and oxygen atoms in total. The van der Waals surface area contributed by atoms with Gasteiger partial charge in [0.05, 0.1) is 19.8 Å². The van der Waals surface area contributed by atoms with Crippen molar-refractivity contribution >= 4 is 5.97 Å². The van der Waals surface area contributed by atoms with E-state index in [1.54, 1.807) is 6.07 Å². The molecule has 1 aromatic rings. The molecule has 1 aliphatic heterocycles. The summed E-state index contributed by atoms with van der Waals surface area (Å²) in [5.41, 5.74) is 0.417. The van der Waals surface area contributed by atoms with Crippen LogP contribution in [0.2, 0.25) is 0 Å². The van der Waals surface area contributed by atoms with Crippen molar-refractivity contribution in [3.05, 3.63) is 23.8 Å². The van der Waals surface area contributed by atoms with Gasteiger partial charge in [-0.3, -0.25) is 0 Å². The topological polar surface area (TPSA) is 104 Å². The number of carbonyl (C=O) groups excluding carboxylic acids is 1. The number of unbranched alkanes of at least 4 members (excludes halogenated alkanes) is 13. The number of rotatable bonds is 27. The Labute approximate surface area is 254 Å². The van der Waals surface area contributed by atoms with Crippen molar-refractivity contribution in [3.63, 3.8) is 0 Å². The first-order valence-corrected chi connectivity index (χ1v) is 16.8. The standard InChI is InChI=1S/C34H58O8/c35-22-12-5-1-3-7-14-24-38-30-20-21-32(39-25-15-8-4-2-6-13-23-36)31(29-30)34(37)42-28-17-10-9-16-26-40-33-19-11-18-27-41-33/h20-21,29,33,35-36H,1-19,22-28H2. The Hall–Kier alpha value is -1.87. The van der Waals surface area contributed by atoms with Gasteiger partial charge in [0, 0.05) is 26.4 Å². The van der Waals surface area contributed by atoms with Crippen LogP contribution >= 0.6 is 0 Å². The summed E-state index contributed by atoms with van der Waals surface area (Å²) in [5, 5.41) is 17.8. The molecular formula is C34H58O8. The SMILES string of the molecule is O=C(OCCCCCCOC1CCCCO1)c1cc(OCCCCCCCCO)ccc1OCCCCCCCCO. The second-order valence-electron chi connectivity index (χ2n) is 11.3. The van der Waals surface area contributed by atoms with Crippen molar-refractivity contribution < 1.29 is 38.7 Å². The van der Waals surface area contributed by atoms with E-state index >= 15 is 0 Å². The Morgan fingerprint density at radius 3 is 1.88 bits per heavy atom. The fourth-order valence-corrected chi connectivity index (χ4v) is 4.96. The van der Waals surface area contributed by atoms with Crippen molar-refractivity contribution in [2.75, 3.05) is 46.2 Å². The van der Waals surface area contributed by atoms with E-state index in [0.29, 0.717) is 43.5 Å². The van der Waals surface area contributed by atoms with E-state index in [0.717, 1.165) is 122 Å². The van der Waals surface area contributed by atoms with Gasteiger partial charge in [0.25, 0.3) is 0 Å². The molecule has 0 spiro atoms. The van der Waals surface area contributed by atoms with Gasteiger partial charge in [0.1, 0.15) is 17.1 Å². The van der Waals surface area contributed by atoms with E-state index in [-0.39, 0.29) is 25.5 Å². The summed E-state index contributed by atoms with van der Waals surface area (Å²) in [7, 11) is 0. The smallest absolute Gasteiger partial charge is 0.342 e. The van der Waals surface area contributed by atoms with Crippen LogP contribution in [0.3, 0.4) is 0 Å². The average Bonchev–Trinajstić information content (AvgIpc) is 3.02. The van der Waals surface area contributed by atoms with Crippen LogP contribution in [0.4, 0.5) is 0 Å². The van der Waals surface area contributed by atoms with Crippen molar-refractivity contribution in [1.82, 2.24) is 0 Å². The van der Waals surface area contributed by atoms with Crippen LogP contribution < -0.4 is 9.47 Å². The monoisotopic (exact) mass is 594 g/mol. The van der Waals surface area contributed by atoms with Crippen LogP contribution in [0.25, 0.3) is 0 Å². The maximum Gasteiger partial charge on any atom is 0.342 e. The Morgan fingerprint density at radius 1 is 0.690 bits per heavy atom. The molecule has 0 aliphatic carbocycles. The highest BCUT2D eigenvalue weighted by atomic mass is 16.7. The average molecular weight is 595 g/mol. The molecule has 0 amide bonds. The number of hydrogen-bond donors (Lipinski definition) is 2. The van der Waals surface area contributed by atoms with Gasteiger partial charge >= 0.3 is 5.97 Å². The van der Waals surface area contributed by atoms with Crippen LogP contribution in [0.5, 0.6) is 11.5 Å². The number of ether oxygens (including phenoxy) is 5. The molecule has 1 aliphatic rings. The lowest BCUT2D eigenvalue weighted by molar-refractivity contribution is -0.162. The fraction of sp³-hybridized carbons (Fsp3) is 0.794. The number of aliphatic hydroxyl groups excluding tert-OH is 2. The Kier molecular flexibility index (Phi) is 22.1. The van der Waals surface area contributed by atoms with E-state index in [1.807, 2.05) is 12.1 Å². The summed E-state index contributed by atoms with van der Waals surface area (Å²) in [6, 6.07) is 5.43. The highest BCUT2D eigenvalue weighted by Crippen LogP contribution is 2.26. The van der Waals surface area contributed by atoms with Crippen molar-refractivity contribution in [2.45, 2.75) is 128 Å². The van der Waals surface area contributed by atoms with Gasteiger partial charge in [-0.1, -0.05) is 57.8 Å². The van der Waals surface area contributed by atoms with Gasteiger partial charge < -0.3 is 33.9 Å². The van der Waals surface area contributed by atoms with Crippen LogP contribution in [-0.2, 0) is 14.2 Å². The molecule has 1 unspecified atom stereocenters. The molecule has 42 heavy (non-hydrogen) atoms. The number of aliphatic hydroxyl groups is 2. The largest absolute Gasteiger partial charge is 0.494 e. The second-order valence-corrected chi connectivity index (χ2v) is 11.3. The van der Waals surface area contributed by atoms with Crippen molar-refractivity contribution in [3.8, 4) is 11.5 Å². The summed E-state index contributed by atoms with van der Waals surface area (Å²) in [6.45, 7) is 3.57. The van der Waals surface area contributed by atoms with Gasteiger partial charge in [-0.05, 0) is 82.4 Å². The van der Waals surface area contributed by atoms with E-state index in [9.17, 15) is 4.79 Å². The van der Waals surface area contributed by atoms with Crippen molar-refractivity contribution in [1.29, 1.82) is 0 Å². The molecule has 1 saturated heterocycles. The maximum absolute atomic E-state index is 13.0. The van der Waals surface area contributed by atoms with Gasteiger partial charge in [0.15, 0.2) is 6.29 Å². The molecule has 2 N–H and O–H groups in total. The highest BCUT2D eigenvalue weighted by Gasteiger charge is 2.16. The molecule has 1 fully saturated rings. The van der Waals surface area contributed by atoms with Gasteiger partial charge in [-0.2, -0.15) is 0 Å². The summed E-state index contributed by atoms with van der Waals surface area (Å²) in [6.07, 6.45) is 19.5. The van der Waals surface area contributed by atoms with Crippen LogP contribution in [0, 0.1) is 0 Å². The molecule has 242 valence electrons. The predicted octanol–water partition coefficient (Wildman–Crippen LogP) is 7.37. The predicted molar refractivity (Wildman–Crippen MR) is 165 cm³/mol. The molecule has 8 heteroatoms. The second kappa shape index (κ2) is 25.6. The lowest BCUT2D eigenvalue weighted by atomic mass is 10.1. The summed E-state index contributed by atoms with van der Waals surface area (Å²) >= 11 is 0. The lowest BCUT2D eigenvalue weighted by Crippen LogP contribution is -2.22. The number of benzene rings is 1. The zero-order valence-corrected chi connectivity index (χ0v) is 26.0. The van der Waals surface area contributed by atoms with E-state index < -0.39 is 0 Å². The first-order valence-electron chi connectivity index (χ1n) is 16.8. The van der Waals surface area contributed by atoms with Crippen LogP contribution in [-0.4, -0.2) is 68.7 Å². The van der Waals surface area contributed by atoms with Crippen LogP contribution in [0.15, 0.2) is 18.2 Å². The third-order valence-electron chi connectivity index (χ3n) is 7.52. The minimum Gasteiger partial charge on any atom is -0.494 e. The first-order chi connectivity index (χ1) is 20.7. The molecular weight excluding hydrogens is 536 g/mol. The summed E-state index contributed by atoms with van der Waals surface area (Å²) in [4.78, 5) is 13.0. The molecule has 0 radical (unpaired) electrons. The minimum atomic E-state index is -0.374.